The highest BCUT2D eigenvalue weighted by Gasteiger charge is 2.36. The molecule has 0 unspecified atom stereocenters. The maximum atomic E-state index is 5.00. The molecule has 0 aromatic carbocycles. The Morgan fingerprint density at radius 2 is 2.40 bits per heavy atom. The Hall–Kier alpha value is -0.450. The van der Waals surface area contributed by atoms with E-state index in [1.165, 1.54) is 0 Å². The number of hydrogen-bond donors (Lipinski definition) is 1. The third-order valence-electron chi connectivity index (χ3n) is 1.76. The average Bonchev–Trinajstić information content (AvgIpc) is 1.87. The number of rotatable bonds is 4. The summed E-state index contributed by atoms with van der Waals surface area (Å²) in [6.07, 6.45) is 0.799. The molecule has 1 saturated heterocycles. The van der Waals surface area contributed by atoms with Gasteiger partial charge >= 0.3 is 0 Å². The second-order valence-corrected chi connectivity index (χ2v) is 2.50. The molecule has 0 aliphatic carbocycles. The van der Waals surface area contributed by atoms with Gasteiger partial charge in [-0.15, -0.1) is 0 Å². The van der Waals surface area contributed by atoms with Crippen molar-refractivity contribution in [1.82, 2.24) is 0 Å². The fourth-order valence-electron chi connectivity index (χ4n) is 0.901. The van der Waals surface area contributed by atoms with E-state index in [9.17, 15) is 0 Å². The maximum Gasteiger partial charge on any atom is 0.109 e. The van der Waals surface area contributed by atoms with Gasteiger partial charge in [-0.2, -0.15) is 0 Å². The van der Waals surface area contributed by atoms with Crippen molar-refractivity contribution in [3.05, 3.63) is 0 Å². The van der Waals surface area contributed by atoms with E-state index in [1.54, 1.807) is 0 Å². The Labute approximate surface area is 60.0 Å². The summed E-state index contributed by atoms with van der Waals surface area (Å²) in [5.41, 5.74) is -0.0978. The Kier molecular flexibility index (Phi) is 2.37. The van der Waals surface area contributed by atoms with Crippen molar-refractivity contribution in [3.8, 4) is 0 Å². The van der Waals surface area contributed by atoms with Crippen LogP contribution in [0.4, 0.5) is 0 Å². The molecule has 1 heterocycles. The van der Waals surface area contributed by atoms with Gasteiger partial charge in [0.05, 0.1) is 19.8 Å². The van der Waals surface area contributed by atoms with Crippen LogP contribution in [-0.2, 0) is 9.57 Å². The molecule has 0 spiro atoms. The van der Waals surface area contributed by atoms with Gasteiger partial charge in [-0.1, -0.05) is 0 Å². The van der Waals surface area contributed by atoms with E-state index >= 15 is 0 Å². The summed E-state index contributed by atoms with van der Waals surface area (Å²) >= 11 is 0. The molecular weight excluding hydrogens is 132 g/mol. The van der Waals surface area contributed by atoms with Crippen LogP contribution < -0.4 is 5.90 Å². The molecule has 1 aliphatic heterocycles. The predicted molar refractivity (Wildman–Crippen MR) is 37.9 cm³/mol. The lowest BCUT2D eigenvalue weighted by molar-refractivity contribution is -0.0657. The van der Waals surface area contributed by atoms with Crippen molar-refractivity contribution in [2.75, 3.05) is 19.8 Å². The summed E-state index contributed by atoms with van der Waals surface area (Å²) in [5.74, 6) is 4.87. The van der Waals surface area contributed by atoms with Gasteiger partial charge < -0.3 is 9.57 Å². The van der Waals surface area contributed by atoms with Gasteiger partial charge in [0.25, 0.3) is 0 Å². The topological polar surface area (TPSA) is 56.8 Å². The first-order valence-corrected chi connectivity index (χ1v) is 3.20. The minimum atomic E-state index is -0.0978. The third-order valence-corrected chi connectivity index (χ3v) is 1.76. The van der Waals surface area contributed by atoms with Crippen LogP contribution in [-0.4, -0.2) is 32.1 Å². The zero-order valence-electron chi connectivity index (χ0n) is 5.88. The van der Waals surface area contributed by atoms with E-state index in [-0.39, 0.29) is 5.54 Å². The van der Waals surface area contributed by atoms with Crippen molar-refractivity contribution in [2.45, 2.75) is 12.0 Å². The summed E-state index contributed by atoms with van der Waals surface area (Å²) in [7, 11) is 0. The minimum absolute atomic E-state index is 0.0978. The van der Waals surface area contributed by atoms with Gasteiger partial charge in [0, 0.05) is 6.42 Å². The van der Waals surface area contributed by atoms with Crippen LogP contribution in [0.5, 0.6) is 0 Å². The summed E-state index contributed by atoms with van der Waals surface area (Å²) in [4.78, 5) is 8.38. The number of aliphatic imine (C=N–C) groups is 1. The Morgan fingerprint density at radius 3 is 2.70 bits per heavy atom. The molecule has 0 amide bonds. The van der Waals surface area contributed by atoms with Crippen LogP contribution in [0, 0.1) is 0 Å². The van der Waals surface area contributed by atoms with E-state index in [4.69, 9.17) is 10.6 Å². The van der Waals surface area contributed by atoms with Gasteiger partial charge in [-0.05, 0) is 6.72 Å². The van der Waals surface area contributed by atoms with Crippen LogP contribution in [0.3, 0.4) is 0 Å². The lowest BCUT2D eigenvalue weighted by Gasteiger charge is -2.37. The van der Waals surface area contributed by atoms with Gasteiger partial charge in [0.1, 0.15) is 5.54 Å². The summed E-state index contributed by atoms with van der Waals surface area (Å²) in [6, 6.07) is 0. The predicted octanol–water partition coefficient (Wildman–Crippen LogP) is -0.264. The second kappa shape index (κ2) is 3.09. The van der Waals surface area contributed by atoms with E-state index in [0.717, 1.165) is 6.42 Å². The molecule has 0 aromatic heterocycles. The highest BCUT2D eigenvalue weighted by atomic mass is 16.6. The van der Waals surface area contributed by atoms with Crippen LogP contribution >= 0.6 is 0 Å². The second-order valence-electron chi connectivity index (χ2n) is 2.50. The molecule has 1 aliphatic rings. The Bertz CT molecular complexity index is 123. The molecule has 0 aromatic rings. The van der Waals surface area contributed by atoms with Gasteiger partial charge in [-0.3, -0.25) is 4.99 Å². The molecule has 0 atom stereocenters. The molecule has 2 N–H and O–H groups in total. The summed E-state index contributed by atoms with van der Waals surface area (Å²) in [5, 5.41) is 0. The lowest BCUT2D eigenvalue weighted by Crippen LogP contribution is -2.48. The average molecular weight is 144 g/mol. The zero-order valence-corrected chi connectivity index (χ0v) is 5.88. The van der Waals surface area contributed by atoms with Crippen molar-refractivity contribution in [2.24, 2.45) is 10.9 Å². The number of hydrogen-bond acceptors (Lipinski definition) is 4. The molecule has 4 heteroatoms. The van der Waals surface area contributed by atoms with Crippen LogP contribution in [0.1, 0.15) is 6.42 Å². The molecule has 10 heavy (non-hydrogen) atoms. The van der Waals surface area contributed by atoms with E-state index in [2.05, 4.69) is 16.5 Å². The van der Waals surface area contributed by atoms with E-state index in [1.807, 2.05) is 0 Å². The number of ether oxygens (including phenoxy) is 1. The van der Waals surface area contributed by atoms with Gasteiger partial charge in [0.15, 0.2) is 0 Å². The van der Waals surface area contributed by atoms with Crippen molar-refractivity contribution >= 4 is 6.72 Å². The molecular formula is C6H12N2O2. The van der Waals surface area contributed by atoms with Crippen LogP contribution in [0.25, 0.3) is 0 Å². The first-order valence-electron chi connectivity index (χ1n) is 3.20. The number of nitrogens with two attached hydrogens (primary N) is 1. The fourth-order valence-corrected chi connectivity index (χ4v) is 0.901. The highest BCUT2D eigenvalue weighted by Crippen LogP contribution is 2.24. The molecule has 58 valence electrons. The summed E-state index contributed by atoms with van der Waals surface area (Å²) < 4.78 is 5.00. The van der Waals surface area contributed by atoms with Crippen LogP contribution in [0.2, 0.25) is 0 Å². The standard InChI is InChI=1S/C6H12N2O2/c1-8-6(2-3-10-7)4-9-5-6/h1-5,7H2. The SMILES string of the molecule is C=NC1(CCON)COC1. The summed E-state index contributed by atoms with van der Waals surface area (Å²) in [6.45, 7) is 5.30. The van der Waals surface area contributed by atoms with E-state index < -0.39 is 0 Å². The molecule has 0 bridgehead atoms. The first-order chi connectivity index (χ1) is 4.83. The molecule has 1 rings (SSSR count). The van der Waals surface area contributed by atoms with Crippen LogP contribution in [0.15, 0.2) is 4.99 Å². The normalized spacial score (nSPS) is 21.7. The zero-order chi connectivity index (χ0) is 7.45. The molecule has 1 fully saturated rings. The molecule has 0 radical (unpaired) electrons. The van der Waals surface area contributed by atoms with Crippen molar-refractivity contribution in [3.63, 3.8) is 0 Å². The number of nitrogens with zero attached hydrogens (tertiary/aromatic N) is 1. The van der Waals surface area contributed by atoms with Crippen molar-refractivity contribution in [1.29, 1.82) is 0 Å². The molecule has 4 nitrogen and oxygen atoms in total. The Balaban J connectivity index is 2.26. The smallest absolute Gasteiger partial charge is 0.109 e. The fraction of sp³-hybridized carbons (Fsp3) is 0.833. The van der Waals surface area contributed by atoms with Gasteiger partial charge in [0.2, 0.25) is 0 Å². The highest BCUT2D eigenvalue weighted by molar-refractivity contribution is 5.27. The first kappa shape index (κ1) is 7.65. The largest absolute Gasteiger partial charge is 0.376 e. The maximum absolute atomic E-state index is 5.00. The monoisotopic (exact) mass is 144 g/mol. The van der Waals surface area contributed by atoms with Gasteiger partial charge in [-0.25, -0.2) is 5.90 Å². The Morgan fingerprint density at radius 1 is 1.70 bits per heavy atom. The third kappa shape index (κ3) is 1.34. The quantitative estimate of drug-likeness (QED) is 0.436. The lowest BCUT2D eigenvalue weighted by atomic mass is 9.95. The molecule has 0 saturated carbocycles. The minimum Gasteiger partial charge on any atom is -0.376 e. The van der Waals surface area contributed by atoms with E-state index in [0.29, 0.717) is 19.8 Å². The van der Waals surface area contributed by atoms with Crippen molar-refractivity contribution < 1.29 is 9.57 Å².